The van der Waals surface area contributed by atoms with Crippen LogP contribution in [0, 0.1) is 5.92 Å². The fourth-order valence-electron chi connectivity index (χ4n) is 3.03. The maximum atomic E-state index is 10.1. The normalized spacial score (nSPS) is 16.8. The zero-order valence-electron chi connectivity index (χ0n) is 12.1. The van der Waals surface area contributed by atoms with Crippen LogP contribution in [0.2, 0.25) is 0 Å². The third-order valence-electron chi connectivity index (χ3n) is 4.04. The number of hydrogen-bond donors (Lipinski definition) is 1. The van der Waals surface area contributed by atoms with E-state index in [-0.39, 0.29) is 5.75 Å². The molecule has 1 aromatic carbocycles. The summed E-state index contributed by atoms with van der Waals surface area (Å²) < 4.78 is 5.15. The summed E-state index contributed by atoms with van der Waals surface area (Å²) in [4.78, 5) is 2.31. The third kappa shape index (κ3) is 3.87. The van der Waals surface area contributed by atoms with Gasteiger partial charge in [-0.25, -0.2) is 0 Å². The van der Waals surface area contributed by atoms with E-state index in [1.165, 1.54) is 32.1 Å². The molecule has 0 aromatic heterocycles. The molecule has 0 bridgehead atoms. The van der Waals surface area contributed by atoms with Crippen LogP contribution in [-0.2, 0) is 6.54 Å². The monoisotopic (exact) mass is 263 g/mol. The molecule has 19 heavy (non-hydrogen) atoms. The molecule has 0 radical (unpaired) electrons. The number of phenolic OH excluding ortho intramolecular Hbond substituents is 1. The first kappa shape index (κ1) is 14.2. The Bertz CT molecular complexity index is 400. The van der Waals surface area contributed by atoms with Crippen molar-refractivity contribution in [2.45, 2.75) is 38.6 Å². The van der Waals surface area contributed by atoms with E-state index in [4.69, 9.17) is 4.74 Å². The zero-order valence-corrected chi connectivity index (χ0v) is 12.1. The number of rotatable bonds is 5. The van der Waals surface area contributed by atoms with E-state index in [1.54, 1.807) is 13.2 Å². The predicted molar refractivity (Wildman–Crippen MR) is 77.6 cm³/mol. The average Bonchev–Trinajstić information content (AvgIpc) is 2.42. The molecule has 0 atom stereocenters. The van der Waals surface area contributed by atoms with Gasteiger partial charge in [-0.3, -0.25) is 0 Å². The smallest absolute Gasteiger partial charge is 0.162 e. The largest absolute Gasteiger partial charge is 0.504 e. The van der Waals surface area contributed by atoms with E-state index < -0.39 is 0 Å². The molecule has 1 aromatic rings. The summed E-state index contributed by atoms with van der Waals surface area (Å²) in [6.07, 6.45) is 6.87. The van der Waals surface area contributed by atoms with Gasteiger partial charge in [0.25, 0.3) is 0 Å². The molecule has 0 heterocycles. The highest BCUT2D eigenvalue weighted by Crippen LogP contribution is 2.30. The van der Waals surface area contributed by atoms with Crippen LogP contribution in [0.15, 0.2) is 18.2 Å². The summed E-state index contributed by atoms with van der Waals surface area (Å²) in [5.74, 6) is 1.66. The summed E-state index contributed by atoms with van der Waals surface area (Å²) in [6.45, 7) is 1.90. The second-order valence-electron chi connectivity index (χ2n) is 5.67. The SMILES string of the molecule is COc1cccc(CN(C)CC2CCCCC2)c1O. The molecule has 106 valence electrons. The number of hydrogen-bond acceptors (Lipinski definition) is 3. The Kier molecular flexibility index (Phi) is 5.08. The molecule has 1 N–H and O–H groups in total. The van der Waals surface area contributed by atoms with Gasteiger partial charge in [-0.2, -0.15) is 0 Å². The Morgan fingerprint density at radius 3 is 2.68 bits per heavy atom. The Morgan fingerprint density at radius 2 is 2.00 bits per heavy atom. The standard InChI is InChI=1S/C16H25NO2/c1-17(11-13-7-4-3-5-8-13)12-14-9-6-10-15(19-2)16(14)18/h6,9-10,13,18H,3-5,7-8,11-12H2,1-2H3. The van der Waals surface area contributed by atoms with Gasteiger partial charge in [-0.15, -0.1) is 0 Å². The zero-order chi connectivity index (χ0) is 13.7. The number of ether oxygens (including phenoxy) is 1. The maximum absolute atomic E-state index is 10.1. The Morgan fingerprint density at radius 1 is 1.26 bits per heavy atom. The first-order chi connectivity index (χ1) is 9.20. The van der Waals surface area contributed by atoms with E-state index in [0.717, 1.165) is 24.6 Å². The molecule has 1 fully saturated rings. The molecule has 1 saturated carbocycles. The first-order valence-electron chi connectivity index (χ1n) is 7.24. The van der Waals surface area contributed by atoms with Crippen molar-refractivity contribution in [2.24, 2.45) is 5.92 Å². The molecule has 0 unspecified atom stereocenters. The lowest BCUT2D eigenvalue weighted by molar-refractivity contribution is 0.225. The lowest BCUT2D eigenvalue weighted by Gasteiger charge is -2.27. The molecule has 0 aliphatic heterocycles. The van der Waals surface area contributed by atoms with Crippen molar-refractivity contribution in [3.8, 4) is 11.5 Å². The van der Waals surface area contributed by atoms with Gasteiger partial charge >= 0.3 is 0 Å². The second-order valence-corrected chi connectivity index (χ2v) is 5.67. The minimum absolute atomic E-state index is 0.278. The van der Waals surface area contributed by atoms with E-state index in [2.05, 4.69) is 11.9 Å². The summed E-state index contributed by atoms with van der Waals surface area (Å²) in [6, 6.07) is 5.69. The number of methoxy groups -OCH3 is 1. The van der Waals surface area contributed by atoms with Gasteiger partial charge in [0.15, 0.2) is 11.5 Å². The van der Waals surface area contributed by atoms with Crippen LogP contribution in [-0.4, -0.2) is 30.7 Å². The predicted octanol–water partition coefficient (Wildman–Crippen LogP) is 3.41. The summed E-state index contributed by atoms with van der Waals surface area (Å²) in [5, 5.41) is 10.1. The third-order valence-corrected chi connectivity index (χ3v) is 4.04. The minimum Gasteiger partial charge on any atom is -0.504 e. The first-order valence-corrected chi connectivity index (χ1v) is 7.24. The molecule has 3 heteroatoms. The fourth-order valence-corrected chi connectivity index (χ4v) is 3.03. The average molecular weight is 263 g/mol. The number of para-hydroxylation sites is 1. The maximum Gasteiger partial charge on any atom is 0.162 e. The molecule has 2 rings (SSSR count). The number of phenols is 1. The van der Waals surface area contributed by atoms with Crippen molar-refractivity contribution in [2.75, 3.05) is 20.7 Å². The van der Waals surface area contributed by atoms with Gasteiger partial charge in [0.1, 0.15) is 0 Å². The van der Waals surface area contributed by atoms with Crippen LogP contribution in [0.1, 0.15) is 37.7 Å². The van der Waals surface area contributed by atoms with Gasteiger partial charge in [-0.1, -0.05) is 31.4 Å². The van der Waals surface area contributed by atoms with Crippen molar-refractivity contribution < 1.29 is 9.84 Å². The molecule has 0 amide bonds. The molecule has 3 nitrogen and oxygen atoms in total. The molecular weight excluding hydrogens is 238 g/mol. The lowest BCUT2D eigenvalue weighted by Crippen LogP contribution is -2.26. The summed E-state index contributed by atoms with van der Waals surface area (Å²) in [7, 11) is 3.72. The Hall–Kier alpha value is -1.22. The highest BCUT2D eigenvalue weighted by atomic mass is 16.5. The van der Waals surface area contributed by atoms with E-state index in [0.29, 0.717) is 5.75 Å². The summed E-state index contributed by atoms with van der Waals surface area (Å²) in [5.41, 5.74) is 0.942. The van der Waals surface area contributed by atoms with Gasteiger partial charge in [-0.05, 0) is 31.9 Å². The van der Waals surface area contributed by atoms with E-state index >= 15 is 0 Å². The van der Waals surface area contributed by atoms with E-state index in [1.807, 2.05) is 12.1 Å². The van der Waals surface area contributed by atoms with Crippen molar-refractivity contribution in [1.29, 1.82) is 0 Å². The molecule has 0 saturated heterocycles. The second kappa shape index (κ2) is 6.80. The van der Waals surface area contributed by atoms with Crippen molar-refractivity contribution in [1.82, 2.24) is 4.90 Å². The Balaban J connectivity index is 1.92. The Labute approximate surface area is 116 Å². The summed E-state index contributed by atoms with van der Waals surface area (Å²) >= 11 is 0. The van der Waals surface area contributed by atoms with Crippen LogP contribution in [0.4, 0.5) is 0 Å². The topological polar surface area (TPSA) is 32.7 Å². The van der Waals surface area contributed by atoms with Crippen molar-refractivity contribution >= 4 is 0 Å². The van der Waals surface area contributed by atoms with Crippen LogP contribution < -0.4 is 4.74 Å². The minimum atomic E-state index is 0.278. The van der Waals surface area contributed by atoms with Crippen LogP contribution in [0.25, 0.3) is 0 Å². The van der Waals surface area contributed by atoms with Gasteiger partial charge in [0.2, 0.25) is 0 Å². The van der Waals surface area contributed by atoms with Crippen LogP contribution in [0.3, 0.4) is 0 Å². The fraction of sp³-hybridized carbons (Fsp3) is 0.625. The molecule has 0 spiro atoms. The number of nitrogens with zero attached hydrogens (tertiary/aromatic N) is 1. The number of benzene rings is 1. The molecule has 1 aliphatic rings. The highest BCUT2D eigenvalue weighted by Gasteiger charge is 2.16. The van der Waals surface area contributed by atoms with Crippen molar-refractivity contribution in [3.63, 3.8) is 0 Å². The van der Waals surface area contributed by atoms with Gasteiger partial charge in [0.05, 0.1) is 7.11 Å². The van der Waals surface area contributed by atoms with Crippen molar-refractivity contribution in [3.05, 3.63) is 23.8 Å². The van der Waals surface area contributed by atoms with Gasteiger partial charge < -0.3 is 14.7 Å². The highest BCUT2D eigenvalue weighted by molar-refractivity contribution is 5.45. The van der Waals surface area contributed by atoms with E-state index in [9.17, 15) is 5.11 Å². The van der Waals surface area contributed by atoms with Crippen LogP contribution in [0.5, 0.6) is 11.5 Å². The van der Waals surface area contributed by atoms with Crippen LogP contribution >= 0.6 is 0 Å². The molecular formula is C16H25NO2. The quantitative estimate of drug-likeness (QED) is 0.883. The molecule has 1 aliphatic carbocycles. The number of aromatic hydroxyl groups is 1. The lowest BCUT2D eigenvalue weighted by atomic mass is 9.89. The van der Waals surface area contributed by atoms with Gasteiger partial charge in [0, 0.05) is 18.7 Å².